The van der Waals surface area contributed by atoms with Crippen molar-refractivity contribution in [2.75, 3.05) is 27.4 Å². The van der Waals surface area contributed by atoms with Crippen LogP contribution >= 0.6 is 0 Å². The fourth-order valence-electron chi connectivity index (χ4n) is 11.4. The second-order valence-corrected chi connectivity index (χ2v) is 32.4. The van der Waals surface area contributed by atoms with E-state index in [1.807, 2.05) is 20.8 Å². The topological polar surface area (TPSA) is 101 Å². The molecule has 6 heterocycles. The number of fused-ring (bicyclic) bond motifs is 2. The summed E-state index contributed by atoms with van der Waals surface area (Å²) < 4.78 is 32.0. The number of benzene rings is 2. The number of rotatable bonds is 7. The van der Waals surface area contributed by atoms with Crippen LogP contribution in [-0.4, -0.2) is 133 Å². The first-order valence-corrected chi connectivity index (χ1v) is 33.1. The lowest BCUT2D eigenvalue weighted by atomic mass is 10.1. The van der Waals surface area contributed by atoms with Crippen molar-refractivity contribution in [1.29, 1.82) is 0 Å². The Morgan fingerprint density at radius 3 is 1.32 bits per heavy atom. The van der Waals surface area contributed by atoms with Crippen LogP contribution in [0.15, 0.2) is 60.7 Å². The molecule has 5 aliphatic rings. The first-order chi connectivity index (χ1) is 33.5. The first-order valence-electron chi connectivity index (χ1n) is 26.8. The van der Waals surface area contributed by atoms with E-state index in [1.165, 1.54) is 39.5 Å². The normalized spacial score (nSPS) is 24.0. The molecule has 2 aromatic carbocycles. The number of amides is 2. The van der Waals surface area contributed by atoms with Gasteiger partial charge in [-0.15, -0.1) is 0 Å². The van der Waals surface area contributed by atoms with E-state index in [9.17, 15) is 9.59 Å². The van der Waals surface area contributed by atoms with Crippen LogP contribution in [0.3, 0.4) is 0 Å². The van der Waals surface area contributed by atoms with E-state index >= 15 is 0 Å². The zero-order chi connectivity index (χ0) is 54.6. The van der Waals surface area contributed by atoms with E-state index in [-0.39, 0.29) is 42.8 Å². The average Bonchev–Trinajstić information content (AvgIpc) is 3.95. The molecule has 0 aliphatic carbocycles. The van der Waals surface area contributed by atoms with E-state index < -0.39 is 16.5 Å². The minimum atomic E-state index is -0.973. The molecule has 3 saturated heterocycles. The Bertz CT molecular complexity index is 2040. The molecule has 5 aliphatic heterocycles. The summed E-state index contributed by atoms with van der Waals surface area (Å²) in [6.07, 6.45) is 0.355. The molecular formula is C57H100N6O7Si2. The fourth-order valence-corrected chi connectivity index (χ4v) is 26.8. The number of nitrogens with zero attached hydrogens (tertiary/aromatic N) is 6. The highest BCUT2D eigenvalue weighted by molar-refractivity contribution is 6.95. The van der Waals surface area contributed by atoms with Gasteiger partial charge in [0, 0.05) is 60.3 Å². The highest BCUT2D eigenvalue weighted by atomic mass is 28.4. The van der Waals surface area contributed by atoms with Gasteiger partial charge in [0.05, 0.1) is 11.1 Å². The molecule has 0 saturated carbocycles. The monoisotopic (exact) mass is 1040 g/mol. The van der Waals surface area contributed by atoms with Crippen LogP contribution in [0.5, 0.6) is 0 Å². The van der Waals surface area contributed by atoms with Crippen LogP contribution in [0, 0.1) is 13.8 Å². The summed E-state index contributed by atoms with van der Waals surface area (Å²) in [5.74, 6) is -0.360. The number of imide groups is 1. The molecular weight excluding hydrogens is 937 g/mol. The van der Waals surface area contributed by atoms with E-state index in [4.69, 9.17) is 23.7 Å². The summed E-state index contributed by atoms with van der Waals surface area (Å²) in [5, 5.41) is 0. The number of hydrogen-bond acceptors (Lipinski definition) is 11. The molecule has 3 fully saturated rings. The maximum absolute atomic E-state index is 11.8. The van der Waals surface area contributed by atoms with E-state index in [0.29, 0.717) is 61.6 Å². The lowest BCUT2D eigenvalue weighted by Crippen LogP contribution is -2.57. The number of hydrogen-bond donors (Lipinski definition) is 0. The van der Waals surface area contributed by atoms with Gasteiger partial charge in [-0.3, -0.25) is 29.2 Å². The van der Waals surface area contributed by atoms with Gasteiger partial charge in [0.25, 0.3) is 11.8 Å². The number of aromatic nitrogens is 1. The third kappa shape index (κ3) is 16.5. The summed E-state index contributed by atoms with van der Waals surface area (Å²) in [6, 6.07) is 26.1. The maximum Gasteiger partial charge on any atom is 0.261 e. The Kier molecular flexibility index (Phi) is 24.7. The van der Waals surface area contributed by atoms with E-state index in [1.54, 1.807) is 31.4 Å². The number of aryl methyl sites for hydroxylation is 2. The zero-order valence-electron chi connectivity index (χ0n) is 49.2. The standard InChI is InChI=1S/C13H19NO.C11H11NO2.C9H19NO2.C9H23NSi2.C9H15N.C6H13NO2/c1-9(2)14-10(3)11-7-5-6-8-12(11)13(14)15-4;1-7(2)12-10(13)8-5-3-4-6-9(8)11(12)14;1-6(2)10-7(3)11-9(5)12-8(10)4;1-9(2)10-11(3,4)7-8-12(10,5)6;1-7(2)10-8(3)5-6-9(10)4;1-6(2)7-3-8-5-9-4-7/h5-10,13H,1-4H3;3-7H,1-2H3;6-9H,1-5H3;9H,7-8H2,1-6H3;5-7H,1-4H3;6H,3-5H2,1-2H3. The van der Waals surface area contributed by atoms with Gasteiger partial charge in [-0.2, -0.15) is 0 Å². The molecule has 4 unspecified atom stereocenters. The molecule has 0 radical (unpaired) electrons. The Morgan fingerprint density at radius 2 is 0.986 bits per heavy atom. The minimum Gasteiger partial charge on any atom is -0.362 e. The molecule has 8 rings (SSSR count). The molecule has 0 spiro atoms. The van der Waals surface area contributed by atoms with Crippen molar-refractivity contribution in [2.24, 2.45) is 0 Å². The predicted octanol–water partition coefficient (Wildman–Crippen LogP) is 13.0. The number of carbonyl (C=O) groups is 2. The number of methoxy groups -OCH3 is 1. The summed E-state index contributed by atoms with van der Waals surface area (Å²) in [5.41, 5.74) is 6.47. The van der Waals surface area contributed by atoms with Crippen molar-refractivity contribution in [3.05, 3.63) is 94.3 Å². The first kappa shape index (κ1) is 63.2. The van der Waals surface area contributed by atoms with Crippen LogP contribution in [0.2, 0.25) is 38.3 Å². The minimum absolute atomic E-state index is 0.0787. The molecule has 0 N–H and O–H groups in total. The highest BCUT2D eigenvalue weighted by Gasteiger charge is 2.48. The van der Waals surface area contributed by atoms with Crippen molar-refractivity contribution in [3.63, 3.8) is 0 Å². The second kappa shape index (κ2) is 28.2. The van der Waals surface area contributed by atoms with Gasteiger partial charge in [0.15, 0.2) is 6.29 Å². The Labute approximate surface area is 440 Å². The van der Waals surface area contributed by atoms with Gasteiger partial charge in [-0.05, 0) is 159 Å². The van der Waals surface area contributed by atoms with Crippen LogP contribution in [0.25, 0.3) is 0 Å². The molecule has 3 aromatic rings. The SMILES string of the molecule is CC(C)N1C(=O)c2ccccc2C1=O.CC(C)N1COCOC1.CC(C)N1[Si](C)(C)CC[Si]1(C)C.CC1OC(C)N(C(C)C)C(C)O1.COC1c2ccccc2C(C)N1C(C)C.Cc1ccc(C)n1C(C)C. The number of carbonyl (C=O) groups excluding carboxylic acids is 2. The van der Waals surface area contributed by atoms with Crippen LogP contribution < -0.4 is 0 Å². The summed E-state index contributed by atoms with van der Waals surface area (Å²) in [4.78, 5) is 31.5. The lowest BCUT2D eigenvalue weighted by Gasteiger charge is -2.43. The highest BCUT2D eigenvalue weighted by Crippen LogP contribution is 2.43. The van der Waals surface area contributed by atoms with Gasteiger partial charge in [-0.1, -0.05) is 76.4 Å². The molecule has 1 aromatic heterocycles. The van der Waals surface area contributed by atoms with Crippen molar-refractivity contribution in [1.82, 2.24) is 28.4 Å². The molecule has 72 heavy (non-hydrogen) atoms. The predicted molar refractivity (Wildman–Crippen MR) is 301 cm³/mol. The molecule has 0 bridgehead atoms. The van der Waals surface area contributed by atoms with Crippen molar-refractivity contribution >= 4 is 28.3 Å². The lowest BCUT2D eigenvalue weighted by molar-refractivity contribution is -0.311. The van der Waals surface area contributed by atoms with Crippen LogP contribution in [0.1, 0.15) is 172 Å². The Balaban J connectivity index is 0.000000230. The van der Waals surface area contributed by atoms with Crippen LogP contribution in [0.4, 0.5) is 0 Å². The second-order valence-electron chi connectivity index (χ2n) is 22.8. The maximum atomic E-state index is 11.8. The summed E-state index contributed by atoms with van der Waals surface area (Å²) in [6.45, 7) is 50.4. The molecule has 4 atom stereocenters. The third-order valence-corrected chi connectivity index (χ3v) is 24.9. The largest absolute Gasteiger partial charge is 0.362 e. The van der Waals surface area contributed by atoms with Gasteiger partial charge in [-0.25, -0.2) is 0 Å². The molecule has 15 heteroatoms. The average molecular weight is 1040 g/mol. The Morgan fingerprint density at radius 1 is 0.556 bits per heavy atom. The van der Waals surface area contributed by atoms with Gasteiger partial charge >= 0.3 is 0 Å². The van der Waals surface area contributed by atoms with Crippen molar-refractivity contribution < 1.29 is 33.3 Å². The smallest absolute Gasteiger partial charge is 0.261 e. The molecule has 408 valence electrons. The van der Waals surface area contributed by atoms with Crippen LogP contribution in [-0.2, 0) is 23.7 Å². The van der Waals surface area contributed by atoms with Gasteiger partial charge in [0.1, 0.15) is 55.4 Å². The zero-order valence-corrected chi connectivity index (χ0v) is 51.2. The van der Waals surface area contributed by atoms with E-state index in [0.717, 1.165) is 6.04 Å². The summed E-state index contributed by atoms with van der Waals surface area (Å²) in [7, 11) is -0.159. The Hall–Kier alpha value is -3.07. The van der Waals surface area contributed by atoms with Crippen molar-refractivity contribution in [3.8, 4) is 0 Å². The van der Waals surface area contributed by atoms with Gasteiger partial charge in [0.2, 0.25) is 0 Å². The fraction of sp³-hybridized carbons (Fsp3) is 0.684. The van der Waals surface area contributed by atoms with Crippen molar-refractivity contribution in [2.45, 2.75) is 230 Å². The number of ether oxygens (including phenoxy) is 5. The molecule has 13 nitrogen and oxygen atoms in total. The quantitative estimate of drug-likeness (QED) is 0.167. The molecule has 2 amide bonds. The van der Waals surface area contributed by atoms with E-state index in [2.05, 4.69) is 190 Å². The third-order valence-electron chi connectivity index (χ3n) is 14.2. The summed E-state index contributed by atoms with van der Waals surface area (Å²) >= 11 is 0. The van der Waals surface area contributed by atoms with Gasteiger partial charge < -0.3 is 32.5 Å².